The van der Waals surface area contributed by atoms with E-state index in [1.807, 2.05) is 6.07 Å². The van der Waals surface area contributed by atoms with E-state index in [4.69, 9.17) is 19.9 Å². The van der Waals surface area contributed by atoms with Crippen molar-refractivity contribution in [3.63, 3.8) is 0 Å². The lowest BCUT2D eigenvalue weighted by Crippen LogP contribution is -2.32. The van der Waals surface area contributed by atoms with Gasteiger partial charge in [-0.05, 0) is 6.07 Å². The quantitative estimate of drug-likeness (QED) is 0.720. The molecule has 0 unspecified atom stereocenters. The molecule has 0 fully saturated rings. The number of amides is 1. The van der Waals surface area contributed by atoms with E-state index >= 15 is 0 Å². The number of ether oxygens (including phenoxy) is 3. The van der Waals surface area contributed by atoms with Crippen LogP contribution in [0.4, 0.5) is 17.1 Å². The van der Waals surface area contributed by atoms with Crippen LogP contribution in [0.25, 0.3) is 0 Å². The Balaban J connectivity index is 2.26. The average molecular weight is 295 g/mol. The zero-order valence-corrected chi connectivity index (χ0v) is 12.3. The number of fused-ring (bicyclic) bond motifs is 1. The predicted molar refractivity (Wildman–Crippen MR) is 80.9 cm³/mol. The first-order chi connectivity index (χ1) is 10.2. The maximum atomic E-state index is 11.4. The summed E-state index contributed by atoms with van der Waals surface area (Å²) in [6, 6.07) is 3.56. The monoisotopic (exact) mass is 295 g/mol. The molecule has 2 rings (SSSR count). The van der Waals surface area contributed by atoms with E-state index in [2.05, 4.69) is 10.2 Å². The van der Waals surface area contributed by atoms with Crippen molar-refractivity contribution in [2.75, 3.05) is 63.1 Å². The van der Waals surface area contributed by atoms with Gasteiger partial charge in [0.25, 0.3) is 5.91 Å². The molecule has 3 N–H and O–H groups in total. The van der Waals surface area contributed by atoms with Crippen molar-refractivity contribution in [2.24, 2.45) is 0 Å². The Bertz CT molecular complexity index is 499. The molecule has 0 saturated heterocycles. The summed E-state index contributed by atoms with van der Waals surface area (Å²) in [5.74, 6) is 0.424. The Kier molecular flexibility index (Phi) is 5.24. The number of rotatable bonds is 7. The zero-order chi connectivity index (χ0) is 15.2. The van der Waals surface area contributed by atoms with Crippen LogP contribution in [0.5, 0.6) is 5.75 Å². The van der Waals surface area contributed by atoms with Gasteiger partial charge in [-0.25, -0.2) is 0 Å². The van der Waals surface area contributed by atoms with E-state index in [1.165, 1.54) is 0 Å². The lowest BCUT2D eigenvalue weighted by Gasteiger charge is -2.28. The van der Waals surface area contributed by atoms with Gasteiger partial charge in [-0.15, -0.1) is 0 Å². The van der Waals surface area contributed by atoms with E-state index in [-0.39, 0.29) is 12.5 Å². The van der Waals surface area contributed by atoms with Gasteiger partial charge in [0.1, 0.15) is 5.75 Å². The largest absolute Gasteiger partial charge is 0.482 e. The molecule has 116 valence electrons. The second kappa shape index (κ2) is 7.14. The molecule has 1 amide bonds. The molecule has 0 radical (unpaired) electrons. The van der Waals surface area contributed by atoms with Crippen LogP contribution in [0.15, 0.2) is 12.1 Å². The molecule has 0 saturated carbocycles. The third-order valence-corrected chi connectivity index (χ3v) is 3.23. The van der Waals surface area contributed by atoms with Crippen LogP contribution in [-0.2, 0) is 14.3 Å². The van der Waals surface area contributed by atoms with Gasteiger partial charge in [0.15, 0.2) is 6.61 Å². The summed E-state index contributed by atoms with van der Waals surface area (Å²) in [5, 5.41) is 2.79. The van der Waals surface area contributed by atoms with E-state index < -0.39 is 0 Å². The maximum absolute atomic E-state index is 11.4. The number of hydrogen-bond donors (Lipinski definition) is 2. The molecule has 0 bridgehead atoms. The molecule has 0 spiro atoms. The predicted octanol–water partition coefficient (Wildman–Crippen LogP) is 0.699. The summed E-state index contributed by atoms with van der Waals surface area (Å²) in [6.07, 6.45) is 0. The third kappa shape index (κ3) is 3.77. The minimum Gasteiger partial charge on any atom is -0.482 e. The highest BCUT2D eigenvalue weighted by Gasteiger charge is 2.20. The molecule has 7 heteroatoms. The van der Waals surface area contributed by atoms with Gasteiger partial charge in [-0.2, -0.15) is 0 Å². The summed E-state index contributed by atoms with van der Waals surface area (Å²) in [5.41, 5.74) is 8.16. The lowest BCUT2D eigenvalue weighted by atomic mass is 10.2. The second-order valence-electron chi connectivity index (χ2n) is 4.72. The van der Waals surface area contributed by atoms with Crippen LogP contribution in [0.2, 0.25) is 0 Å². The van der Waals surface area contributed by atoms with Crippen molar-refractivity contribution in [1.82, 2.24) is 0 Å². The molecule has 0 aromatic heterocycles. The van der Waals surface area contributed by atoms with Crippen molar-refractivity contribution in [1.29, 1.82) is 0 Å². The van der Waals surface area contributed by atoms with Crippen LogP contribution in [0, 0.1) is 0 Å². The number of carbonyl (C=O) groups excluding carboxylic acids is 1. The summed E-state index contributed by atoms with van der Waals surface area (Å²) in [7, 11) is 3.30. The molecular weight excluding hydrogens is 274 g/mol. The Morgan fingerprint density at radius 3 is 2.57 bits per heavy atom. The molecule has 7 nitrogen and oxygen atoms in total. The fourth-order valence-corrected chi connectivity index (χ4v) is 2.16. The molecule has 0 atom stereocenters. The second-order valence-corrected chi connectivity index (χ2v) is 4.72. The third-order valence-electron chi connectivity index (χ3n) is 3.23. The first-order valence-electron chi connectivity index (χ1n) is 6.74. The van der Waals surface area contributed by atoms with E-state index in [0.717, 1.165) is 5.69 Å². The van der Waals surface area contributed by atoms with Crippen molar-refractivity contribution in [3.8, 4) is 5.75 Å². The first-order valence-corrected chi connectivity index (χ1v) is 6.74. The van der Waals surface area contributed by atoms with Crippen LogP contribution in [0.1, 0.15) is 0 Å². The number of methoxy groups -OCH3 is 2. The zero-order valence-electron chi connectivity index (χ0n) is 12.3. The molecule has 21 heavy (non-hydrogen) atoms. The number of hydrogen-bond acceptors (Lipinski definition) is 6. The van der Waals surface area contributed by atoms with Gasteiger partial charge in [-0.1, -0.05) is 0 Å². The van der Waals surface area contributed by atoms with Gasteiger partial charge in [0.05, 0.1) is 30.3 Å². The van der Waals surface area contributed by atoms with E-state index in [9.17, 15) is 4.79 Å². The van der Waals surface area contributed by atoms with Gasteiger partial charge in [0.2, 0.25) is 0 Å². The summed E-state index contributed by atoms with van der Waals surface area (Å²) < 4.78 is 15.6. The molecule has 0 aliphatic carbocycles. The Hall–Kier alpha value is -1.99. The molecule has 1 aromatic rings. The standard InChI is InChI=1S/C14H21N3O4/c1-19-5-3-17(4-6-20-2)12-8-11-13(7-10(12)15)21-9-14(18)16-11/h7-8H,3-6,9,15H2,1-2H3,(H,16,18). The number of anilines is 3. The minimum atomic E-state index is -0.168. The molecule has 1 aliphatic heterocycles. The molecule has 1 aromatic carbocycles. The smallest absolute Gasteiger partial charge is 0.262 e. The first kappa shape index (κ1) is 15.4. The maximum Gasteiger partial charge on any atom is 0.262 e. The van der Waals surface area contributed by atoms with Crippen molar-refractivity contribution >= 4 is 23.0 Å². The van der Waals surface area contributed by atoms with Gasteiger partial charge < -0.3 is 30.2 Å². The Morgan fingerprint density at radius 1 is 1.29 bits per heavy atom. The van der Waals surface area contributed by atoms with Crippen LogP contribution in [-0.4, -0.2) is 53.0 Å². The number of benzene rings is 1. The fraction of sp³-hybridized carbons (Fsp3) is 0.500. The highest BCUT2D eigenvalue weighted by molar-refractivity contribution is 5.97. The molecular formula is C14H21N3O4. The van der Waals surface area contributed by atoms with E-state index in [1.54, 1.807) is 20.3 Å². The number of nitrogens with one attached hydrogen (secondary N) is 1. The Morgan fingerprint density at radius 2 is 1.95 bits per heavy atom. The highest BCUT2D eigenvalue weighted by Crippen LogP contribution is 2.36. The van der Waals surface area contributed by atoms with Gasteiger partial charge in [0, 0.05) is 33.4 Å². The van der Waals surface area contributed by atoms with Crippen LogP contribution >= 0.6 is 0 Å². The fourth-order valence-electron chi connectivity index (χ4n) is 2.16. The number of nitrogen functional groups attached to an aromatic ring is 1. The van der Waals surface area contributed by atoms with Crippen molar-refractivity contribution in [3.05, 3.63) is 12.1 Å². The lowest BCUT2D eigenvalue weighted by molar-refractivity contribution is -0.118. The SMILES string of the molecule is COCCN(CCOC)c1cc2c(cc1N)OCC(=O)N2. The van der Waals surface area contributed by atoms with Gasteiger partial charge in [-0.3, -0.25) is 4.79 Å². The normalized spacial score (nSPS) is 13.3. The van der Waals surface area contributed by atoms with Crippen LogP contribution < -0.4 is 20.7 Å². The number of carbonyl (C=O) groups is 1. The number of nitrogens with zero attached hydrogens (tertiary/aromatic N) is 1. The summed E-state index contributed by atoms with van der Waals surface area (Å²) >= 11 is 0. The molecule has 1 heterocycles. The summed E-state index contributed by atoms with van der Waals surface area (Å²) in [4.78, 5) is 13.5. The van der Waals surface area contributed by atoms with E-state index in [0.29, 0.717) is 43.4 Å². The average Bonchev–Trinajstić information content (AvgIpc) is 2.47. The minimum absolute atomic E-state index is 0.0167. The van der Waals surface area contributed by atoms with Crippen molar-refractivity contribution in [2.45, 2.75) is 0 Å². The molecule has 1 aliphatic rings. The highest BCUT2D eigenvalue weighted by atomic mass is 16.5. The number of nitrogens with two attached hydrogens (primary N) is 1. The van der Waals surface area contributed by atoms with Crippen molar-refractivity contribution < 1.29 is 19.0 Å². The Labute approximate surface area is 123 Å². The topological polar surface area (TPSA) is 86.1 Å². The van der Waals surface area contributed by atoms with Crippen LogP contribution in [0.3, 0.4) is 0 Å². The van der Waals surface area contributed by atoms with Gasteiger partial charge >= 0.3 is 0 Å². The summed E-state index contributed by atoms with van der Waals surface area (Å²) in [6.45, 7) is 2.52.